The number of amides is 1. The van der Waals surface area contributed by atoms with Crippen LogP contribution < -0.4 is 4.74 Å². The number of nitrogens with zero attached hydrogens (tertiary/aromatic N) is 6. The molecule has 2 aromatic carbocycles. The van der Waals surface area contributed by atoms with E-state index in [1.165, 1.54) is 18.6 Å². The Morgan fingerprint density at radius 1 is 1.09 bits per heavy atom. The number of halogens is 3. The summed E-state index contributed by atoms with van der Waals surface area (Å²) in [6.07, 6.45) is 3.00. The van der Waals surface area contributed by atoms with Crippen molar-refractivity contribution in [2.45, 2.75) is 19.5 Å². The fourth-order valence-corrected chi connectivity index (χ4v) is 7.13. The van der Waals surface area contributed by atoms with Crippen LogP contribution in [0.4, 0.5) is 13.2 Å². The number of hydrogen-bond acceptors (Lipinski definition) is 7. The molecule has 47 heavy (non-hydrogen) atoms. The summed E-state index contributed by atoms with van der Waals surface area (Å²) in [7, 11) is 3.32. The summed E-state index contributed by atoms with van der Waals surface area (Å²) >= 11 is 1.13. The Morgan fingerprint density at radius 3 is 2.70 bits per heavy atom. The first-order valence-corrected chi connectivity index (χ1v) is 15.7. The summed E-state index contributed by atoms with van der Waals surface area (Å²) in [5, 5.41) is 11.5. The molecular weight excluding hydrogens is 629 g/mol. The Hall–Kier alpha value is -5.01. The second kappa shape index (κ2) is 12.0. The van der Waals surface area contributed by atoms with Gasteiger partial charge in [-0.2, -0.15) is 10.2 Å². The SMILES string of the molecule is C=CC(=O)N1CCn2nc(-c3nc(-c4ccc5c(cnn5C)c4)c4scc(F)c4c3-c3c(F)cc(F)cc3OCCOC)cc2[C@H]1C. The molecule has 1 atom stereocenters. The fourth-order valence-electron chi connectivity index (χ4n) is 6.19. The number of pyridine rings is 1. The molecule has 5 heterocycles. The topological polar surface area (TPSA) is 87.3 Å². The van der Waals surface area contributed by atoms with Crippen molar-refractivity contribution in [2.24, 2.45) is 7.05 Å². The molecule has 0 unspecified atom stereocenters. The average molecular weight is 659 g/mol. The highest BCUT2D eigenvalue weighted by molar-refractivity contribution is 7.17. The maximum atomic E-state index is 16.1. The van der Waals surface area contributed by atoms with Gasteiger partial charge in [0.25, 0.3) is 0 Å². The van der Waals surface area contributed by atoms with Gasteiger partial charge in [-0.1, -0.05) is 12.6 Å². The molecule has 0 saturated heterocycles. The van der Waals surface area contributed by atoms with Gasteiger partial charge >= 0.3 is 0 Å². The summed E-state index contributed by atoms with van der Waals surface area (Å²) in [5.74, 6) is -2.74. The largest absolute Gasteiger partial charge is 0.490 e. The first kappa shape index (κ1) is 30.6. The zero-order valence-electron chi connectivity index (χ0n) is 25.8. The van der Waals surface area contributed by atoms with Gasteiger partial charge in [0, 0.05) is 60.1 Å². The number of thiophene rings is 1. The van der Waals surface area contributed by atoms with E-state index in [-0.39, 0.29) is 53.1 Å². The van der Waals surface area contributed by atoms with Crippen molar-refractivity contribution in [3.8, 4) is 39.5 Å². The van der Waals surface area contributed by atoms with E-state index in [1.807, 2.05) is 32.2 Å². The van der Waals surface area contributed by atoms with Gasteiger partial charge in [-0.3, -0.25) is 14.2 Å². The number of aryl methyl sites for hydroxylation is 1. The van der Waals surface area contributed by atoms with E-state index in [2.05, 4.69) is 11.7 Å². The van der Waals surface area contributed by atoms with Crippen LogP contribution in [0.25, 0.3) is 54.8 Å². The van der Waals surface area contributed by atoms with E-state index >= 15 is 8.78 Å². The van der Waals surface area contributed by atoms with Crippen molar-refractivity contribution in [3.63, 3.8) is 0 Å². The molecule has 0 N–H and O–H groups in total. The molecule has 1 amide bonds. The quantitative estimate of drug-likeness (QED) is 0.131. The van der Waals surface area contributed by atoms with Crippen LogP contribution in [0.5, 0.6) is 5.75 Å². The lowest BCUT2D eigenvalue weighted by molar-refractivity contribution is -0.129. The van der Waals surface area contributed by atoms with Crippen LogP contribution in [-0.2, 0) is 23.1 Å². The Morgan fingerprint density at radius 2 is 1.91 bits per heavy atom. The van der Waals surface area contributed by atoms with Crippen molar-refractivity contribution in [1.82, 2.24) is 29.4 Å². The molecule has 0 fully saturated rings. The third kappa shape index (κ3) is 5.15. The van der Waals surface area contributed by atoms with E-state index in [0.29, 0.717) is 34.7 Å². The van der Waals surface area contributed by atoms with Gasteiger partial charge in [-0.05, 0) is 31.2 Å². The molecule has 0 aliphatic carbocycles. The van der Waals surface area contributed by atoms with E-state index in [9.17, 15) is 9.18 Å². The van der Waals surface area contributed by atoms with Gasteiger partial charge in [0.15, 0.2) is 0 Å². The minimum absolute atomic E-state index is 0.00289. The lowest BCUT2D eigenvalue weighted by Crippen LogP contribution is -2.40. The van der Waals surface area contributed by atoms with Crippen LogP contribution >= 0.6 is 11.3 Å². The average Bonchev–Trinajstić information content (AvgIpc) is 3.77. The standard InChI is InChI=1S/C34H29F3N6O3S/c1-5-28(44)42-8-9-43-26(18(42)2)15-24(40-43)33-31(29-22(36)13-21(35)14-27(29)46-11-10-45-4)30-23(37)17-47-34(30)32(39-33)19-6-7-25-20(12-19)16-38-41(25)3/h5-7,12-18H,1,8-11H2,2-4H3/t18-/m1/s1. The molecule has 0 bridgehead atoms. The maximum absolute atomic E-state index is 16.1. The number of ether oxygens (including phenoxy) is 2. The van der Waals surface area contributed by atoms with Crippen molar-refractivity contribution >= 4 is 38.2 Å². The highest BCUT2D eigenvalue weighted by Gasteiger charge is 2.32. The smallest absolute Gasteiger partial charge is 0.246 e. The number of fused-ring (bicyclic) bond motifs is 3. The van der Waals surface area contributed by atoms with Gasteiger partial charge in [0.05, 0.1) is 52.6 Å². The predicted octanol–water partition coefficient (Wildman–Crippen LogP) is 6.91. The lowest BCUT2D eigenvalue weighted by Gasteiger charge is -2.33. The van der Waals surface area contributed by atoms with Crippen molar-refractivity contribution in [2.75, 3.05) is 26.9 Å². The molecule has 0 saturated carbocycles. The van der Waals surface area contributed by atoms with Crippen LogP contribution in [0.1, 0.15) is 18.7 Å². The molecule has 0 spiro atoms. The summed E-state index contributed by atoms with van der Waals surface area (Å²) in [5.41, 5.74) is 3.22. The molecule has 240 valence electrons. The Kier molecular flexibility index (Phi) is 7.80. The third-order valence-corrected chi connectivity index (χ3v) is 9.42. The van der Waals surface area contributed by atoms with Crippen LogP contribution in [0.15, 0.2) is 60.6 Å². The van der Waals surface area contributed by atoms with Crippen molar-refractivity contribution in [3.05, 3.63) is 83.8 Å². The number of aromatic nitrogens is 5. The van der Waals surface area contributed by atoms with Crippen LogP contribution in [0.3, 0.4) is 0 Å². The highest BCUT2D eigenvalue weighted by Crippen LogP contribution is 2.48. The summed E-state index contributed by atoms with van der Waals surface area (Å²) in [6, 6.07) is 8.93. The second-order valence-corrected chi connectivity index (χ2v) is 12.1. The molecule has 1 aliphatic heterocycles. The van der Waals surface area contributed by atoms with Gasteiger partial charge < -0.3 is 14.4 Å². The Bertz CT molecular complexity index is 2210. The summed E-state index contributed by atoms with van der Waals surface area (Å²) < 4.78 is 61.7. The third-order valence-electron chi connectivity index (χ3n) is 8.46. The molecule has 1 aliphatic rings. The van der Waals surface area contributed by atoms with Crippen molar-refractivity contribution in [1.29, 1.82) is 0 Å². The Balaban J connectivity index is 1.53. The molecule has 4 aromatic heterocycles. The summed E-state index contributed by atoms with van der Waals surface area (Å²) in [4.78, 5) is 19.4. The molecular formula is C34H29F3N6O3S. The zero-order valence-corrected chi connectivity index (χ0v) is 26.6. The molecule has 6 aromatic rings. The van der Waals surface area contributed by atoms with E-state index in [1.54, 1.807) is 26.5 Å². The minimum Gasteiger partial charge on any atom is -0.490 e. The first-order chi connectivity index (χ1) is 22.7. The van der Waals surface area contributed by atoms with Gasteiger partial charge in [-0.25, -0.2) is 18.2 Å². The summed E-state index contributed by atoms with van der Waals surface area (Å²) in [6.45, 7) is 6.45. The number of methoxy groups -OCH3 is 1. The zero-order chi connectivity index (χ0) is 33.0. The lowest BCUT2D eigenvalue weighted by atomic mass is 9.94. The second-order valence-electron chi connectivity index (χ2n) is 11.2. The van der Waals surface area contributed by atoms with Crippen LogP contribution in [0, 0.1) is 17.5 Å². The molecule has 13 heteroatoms. The van der Waals surface area contributed by atoms with Crippen LogP contribution in [-0.4, -0.2) is 62.2 Å². The van der Waals surface area contributed by atoms with E-state index in [0.717, 1.165) is 40.1 Å². The monoisotopic (exact) mass is 658 g/mol. The predicted molar refractivity (Wildman–Crippen MR) is 174 cm³/mol. The normalized spacial score (nSPS) is 14.6. The van der Waals surface area contributed by atoms with Gasteiger partial charge in [0.1, 0.15) is 41.2 Å². The highest BCUT2D eigenvalue weighted by atomic mass is 32.1. The Labute approximate surface area is 271 Å². The first-order valence-electron chi connectivity index (χ1n) is 14.8. The molecule has 0 radical (unpaired) electrons. The van der Waals surface area contributed by atoms with Gasteiger partial charge in [0.2, 0.25) is 5.91 Å². The van der Waals surface area contributed by atoms with E-state index in [4.69, 9.17) is 19.6 Å². The molecule has 7 rings (SSSR count). The number of carbonyl (C=O) groups excluding carboxylic acids is 1. The maximum Gasteiger partial charge on any atom is 0.246 e. The minimum atomic E-state index is -0.947. The number of hydrogen-bond donors (Lipinski definition) is 0. The fraction of sp³-hybridized carbons (Fsp3) is 0.235. The van der Waals surface area contributed by atoms with Gasteiger partial charge in [-0.15, -0.1) is 11.3 Å². The van der Waals surface area contributed by atoms with Crippen LogP contribution in [0.2, 0.25) is 0 Å². The number of rotatable bonds is 8. The van der Waals surface area contributed by atoms with Crippen molar-refractivity contribution < 1.29 is 27.4 Å². The van der Waals surface area contributed by atoms with E-state index < -0.39 is 17.5 Å². The molecule has 9 nitrogen and oxygen atoms in total. The number of carbonyl (C=O) groups is 1. The number of benzene rings is 2.